The minimum atomic E-state index is -1.43. The Labute approximate surface area is 312 Å². The van der Waals surface area contributed by atoms with Crippen LogP contribution in [0.1, 0.15) is 16.7 Å². The molecule has 0 fully saturated rings. The minimum absolute atomic E-state index is 0.0639. The van der Waals surface area contributed by atoms with Crippen LogP contribution in [-0.2, 0) is 58.0 Å². The maximum absolute atomic E-state index is 12.7. The third kappa shape index (κ3) is 15.8. The van der Waals surface area contributed by atoms with Crippen LogP contribution in [0.25, 0.3) is 0 Å². The lowest BCUT2D eigenvalue weighted by atomic mass is 10.2. The largest absolute Gasteiger partial charge is 0.480 e. The normalized spacial score (nSPS) is 13.1. The SMILES string of the molecule is O=C(O)CN(CCN(CCN(CC(=O)O)[C@@H](COCc1ccccc1)C(=O)O)[C@@H](COCc1ccccc1)C(=O)O)[C@@H](COCc1ccccc1)C(=O)O. The number of rotatable bonds is 28. The van der Waals surface area contributed by atoms with Crippen molar-refractivity contribution in [3.05, 3.63) is 108 Å². The summed E-state index contributed by atoms with van der Waals surface area (Å²) in [6.07, 6.45) is 0. The molecule has 16 heteroatoms. The monoisotopic (exact) mass is 753 g/mol. The molecule has 0 saturated carbocycles. The number of nitrogens with zero attached hydrogens (tertiary/aromatic N) is 3. The van der Waals surface area contributed by atoms with Gasteiger partial charge in [-0.3, -0.25) is 38.7 Å². The van der Waals surface area contributed by atoms with Gasteiger partial charge in [0.05, 0.1) is 52.7 Å². The van der Waals surface area contributed by atoms with Crippen LogP contribution < -0.4 is 0 Å². The summed E-state index contributed by atoms with van der Waals surface area (Å²) >= 11 is 0. The third-order valence-corrected chi connectivity index (χ3v) is 8.36. The fraction of sp³-hybridized carbons (Fsp3) is 0.395. The molecule has 0 aliphatic heterocycles. The first kappa shape index (κ1) is 43.2. The van der Waals surface area contributed by atoms with Crippen molar-refractivity contribution in [2.45, 2.75) is 37.9 Å². The number of hydrogen-bond donors (Lipinski definition) is 5. The summed E-state index contributed by atoms with van der Waals surface area (Å²) in [6, 6.07) is 22.7. The van der Waals surface area contributed by atoms with E-state index in [4.69, 9.17) is 14.2 Å². The smallest absolute Gasteiger partial charge is 0.323 e. The highest BCUT2D eigenvalue weighted by molar-refractivity contribution is 5.76. The first-order chi connectivity index (χ1) is 25.9. The van der Waals surface area contributed by atoms with Crippen LogP contribution >= 0.6 is 0 Å². The Morgan fingerprint density at radius 1 is 0.426 bits per heavy atom. The van der Waals surface area contributed by atoms with E-state index in [1.165, 1.54) is 4.90 Å². The molecule has 0 aliphatic carbocycles. The number of hydrogen-bond acceptors (Lipinski definition) is 11. The van der Waals surface area contributed by atoms with E-state index in [1.54, 1.807) is 72.8 Å². The second kappa shape index (κ2) is 23.4. The molecule has 0 unspecified atom stereocenters. The van der Waals surface area contributed by atoms with Crippen LogP contribution in [0.2, 0.25) is 0 Å². The zero-order valence-electron chi connectivity index (χ0n) is 29.7. The summed E-state index contributed by atoms with van der Waals surface area (Å²) < 4.78 is 17.1. The van der Waals surface area contributed by atoms with Gasteiger partial charge in [0.25, 0.3) is 0 Å². The van der Waals surface area contributed by atoms with E-state index < -0.39 is 61.1 Å². The molecule has 3 aromatic carbocycles. The molecule has 0 saturated heterocycles. The molecule has 292 valence electrons. The van der Waals surface area contributed by atoms with Gasteiger partial charge in [-0.2, -0.15) is 0 Å². The molecule has 3 atom stereocenters. The number of carboxylic acid groups (broad SMARTS) is 5. The summed E-state index contributed by atoms with van der Waals surface area (Å²) in [4.78, 5) is 64.9. The second-order valence-electron chi connectivity index (χ2n) is 12.3. The van der Waals surface area contributed by atoms with E-state index in [9.17, 15) is 49.5 Å². The highest BCUT2D eigenvalue weighted by Gasteiger charge is 2.33. The molecule has 16 nitrogen and oxygen atoms in total. The lowest BCUT2D eigenvalue weighted by molar-refractivity contribution is -0.151. The number of ether oxygens (including phenoxy) is 3. The summed E-state index contributed by atoms with van der Waals surface area (Å²) in [5.41, 5.74) is 2.31. The van der Waals surface area contributed by atoms with E-state index in [-0.39, 0.29) is 65.8 Å². The second-order valence-corrected chi connectivity index (χ2v) is 12.3. The van der Waals surface area contributed by atoms with Crippen molar-refractivity contribution >= 4 is 29.8 Å². The Kier molecular flexibility index (Phi) is 18.7. The minimum Gasteiger partial charge on any atom is -0.480 e. The van der Waals surface area contributed by atoms with Gasteiger partial charge < -0.3 is 39.7 Å². The van der Waals surface area contributed by atoms with Gasteiger partial charge in [0.1, 0.15) is 18.1 Å². The highest BCUT2D eigenvalue weighted by Crippen LogP contribution is 2.12. The van der Waals surface area contributed by atoms with Gasteiger partial charge in [-0.25, -0.2) is 0 Å². The Balaban J connectivity index is 1.83. The quantitative estimate of drug-likeness (QED) is 0.0716. The maximum Gasteiger partial charge on any atom is 0.323 e. The van der Waals surface area contributed by atoms with Gasteiger partial charge in [0, 0.05) is 26.2 Å². The molecule has 3 rings (SSSR count). The fourth-order valence-electron chi connectivity index (χ4n) is 5.56. The average Bonchev–Trinajstić information content (AvgIpc) is 3.13. The van der Waals surface area contributed by atoms with Crippen molar-refractivity contribution < 1.29 is 63.7 Å². The molecule has 0 heterocycles. The summed E-state index contributed by atoms with van der Waals surface area (Å²) in [7, 11) is 0. The van der Waals surface area contributed by atoms with Gasteiger partial charge in [0.2, 0.25) is 0 Å². The molecule has 0 spiro atoms. The zero-order valence-corrected chi connectivity index (χ0v) is 29.7. The molecule has 0 radical (unpaired) electrons. The molecule has 0 bridgehead atoms. The third-order valence-electron chi connectivity index (χ3n) is 8.36. The van der Waals surface area contributed by atoms with E-state index in [2.05, 4.69) is 0 Å². The van der Waals surface area contributed by atoms with E-state index in [1.807, 2.05) is 18.2 Å². The molecule has 5 N–H and O–H groups in total. The van der Waals surface area contributed by atoms with Crippen LogP contribution in [0.4, 0.5) is 0 Å². The topological polar surface area (TPSA) is 224 Å². The summed E-state index contributed by atoms with van der Waals surface area (Å²) in [5.74, 6) is -6.69. The standard InChI is InChI=1S/C38H47N3O13/c42-34(43)20-40(32(37(48)49)26-53-23-29-12-6-2-7-13-29)18-16-39(31(36(46)47)25-52-22-28-10-4-1-5-11-28)17-19-41(21-35(44)45)33(38(50)51)27-54-24-30-14-8-3-9-15-30/h1-15,31-33H,16-27H2,(H,42,43)(H,44,45)(H,46,47)(H,48,49)(H,50,51)/t31-,32-,33-/m0/s1. The first-order valence-corrected chi connectivity index (χ1v) is 17.1. The van der Waals surface area contributed by atoms with E-state index >= 15 is 0 Å². The van der Waals surface area contributed by atoms with Crippen LogP contribution in [0, 0.1) is 0 Å². The predicted octanol–water partition coefficient (Wildman–Crippen LogP) is 2.07. The van der Waals surface area contributed by atoms with E-state index in [0.29, 0.717) is 0 Å². The van der Waals surface area contributed by atoms with Crippen LogP contribution in [0.15, 0.2) is 91.0 Å². The van der Waals surface area contributed by atoms with Crippen molar-refractivity contribution in [3.8, 4) is 0 Å². The Morgan fingerprint density at radius 3 is 0.944 bits per heavy atom. The van der Waals surface area contributed by atoms with Crippen LogP contribution in [-0.4, -0.2) is 147 Å². The number of carbonyl (C=O) groups is 5. The Hall–Kier alpha value is -5.23. The van der Waals surface area contributed by atoms with Crippen molar-refractivity contribution in [1.82, 2.24) is 14.7 Å². The molecular weight excluding hydrogens is 706 g/mol. The van der Waals surface area contributed by atoms with Crippen LogP contribution in [0.3, 0.4) is 0 Å². The lowest BCUT2D eigenvalue weighted by Gasteiger charge is -2.35. The van der Waals surface area contributed by atoms with Gasteiger partial charge in [-0.15, -0.1) is 0 Å². The number of aliphatic carboxylic acids is 5. The summed E-state index contributed by atoms with van der Waals surface area (Å²) in [6.45, 7) is -3.31. The van der Waals surface area contributed by atoms with Crippen molar-refractivity contribution in [2.24, 2.45) is 0 Å². The predicted molar refractivity (Wildman–Crippen MR) is 193 cm³/mol. The Morgan fingerprint density at radius 2 is 0.685 bits per heavy atom. The number of benzene rings is 3. The van der Waals surface area contributed by atoms with Crippen molar-refractivity contribution in [2.75, 3.05) is 59.1 Å². The molecule has 0 aliphatic rings. The van der Waals surface area contributed by atoms with Crippen LogP contribution in [0.5, 0.6) is 0 Å². The van der Waals surface area contributed by atoms with Crippen molar-refractivity contribution in [3.63, 3.8) is 0 Å². The van der Waals surface area contributed by atoms with Gasteiger partial charge in [-0.1, -0.05) is 91.0 Å². The molecular formula is C38H47N3O13. The lowest BCUT2D eigenvalue weighted by Crippen LogP contribution is -2.55. The van der Waals surface area contributed by atoms with E-state index in [0.717, 1.165) is 26.5 Å². The Bertz CT molecular complexity index is 1510. The number of carboxylic acids is 5. The maximum atomic E-state index is 12.7. The van der Waals surface area contributed by atoms with Gasteiger partial charge in [0.15, 0.2) is 0 Å². The van der Waals surface area contributed by atoms with Gasteiger partial charge in [-0.05, 0) is 16.7 Å². The van der Waals surface area contributed by atoms with Gasteiger partial charge >= 0.3 is 29.8 Å². The first-order valence-electron chi connectivity index (χ1n) is 17.1. The highest BCUT2D eigenvalue weighted by atomic mass is 16.5. The molecule has 3 aromatic rings. The summed E-state index contributed by atoms with van der Waals surface area (Å²) in [5, 5.41) is 49.9. The van der Waals surface area contributed by atoms with Crippen molar-refractivity contribution in [1.29, 1.82) is 0 Å². The molecule has 0 amide bonds. The molecule has 0 aromatic heterocycles. The average molecular weight is 754 g/mol. The fourth-order valence-corrected chi connectivity index (χ4v) is 5.56. The molecule has 54 heavy (non-hydrogen) atoms. The zero-order chi connectivity index (χ0) is 39.3.